The predicted octanol–water partition coefficient (Wildman–Crippen LogP) is 4.00. The van der Waals surface area contributed by atoms with E-state index >= 15 is 0 Å². The van der Waals surface area contributed by atoms with Gasteiger partial charge in [0.05, 0.1) is 11.3 Å². The third-order valence-electron chi connectivity index (χ3n) is 3.25. The minimum Gasteiger partial charge on any atom is -0.268 e. The van der Waals surface area contributed by atoms with Crippen molar-refractivity contribution in [1.29, 1.82) is 0 Å². The molecule has 2 aromatic carbocycles. The number of carbonyl (C=O) groups excluding carboxylic acids is 2. The van der Waals surface area contributed by atoms with E-state index in [1.165, 1.54) is 24.3 Å². The molecule has 0 bridgehead atoms. The van der Waals surface area contributed by atoms with Crippen LogP contribution in [0.5, 0.6) is 0 Å². The Balaban J connectivity index is 2.03. The molecule has 0 atom stereocenters. The molecule has 1 aliphatic rings. The van der Waals surface area contributed by atoms with Gasteiger partial charge in [0.1, 0.15) is 10.8 Å². The fourth-order valence-electron chi connectivity index (χ4n) is 2.19. The molecular weight excluding hydrogens is 328 g/mol. The van der Waals surface area contributed by atoms with Crippen LogP contribution >= 0.6 is 23.2 Å². The van der Waals surface area contributed by atoms with Crippen molar-refractivity contribution >= 4 is 46.3 Å². The predicted molar refractivity (Wildman–Crippen MR) is 83.1 cm³/mol. The van der Waals surface area contributed by atoms with Crippen molar-refractivity contribution in [2.75, 3.05) is 4.90 Å². The van der Waals surface area contributed by atoms with E-state index in [4.69, 9.17) is 23.2 Å². The van der Waals surface area contributed by atoms with Gasteiger partial charge in [-0.3, -0.25) is 9.59 Å². The summed E-state index contributed by atoms with van der Waals surface area (Å²) >= 11 is 11.8. The van der Waals surface area contributed by atoms with Crippen molar-refractivity contribution in [2.24, 2.45) is 0 Å². The summed E-state index contributed by atoms with van der Waals surface area (Å²) in [5.41, 5.74) is 0.817. The highest BCUT2D eigenvalue weighted by Gasteiger charge is 2.39. The highest BCUT2D eigenvalue weighted by molar-refractivity contribution is 6.60. The van der Waals surface area contributed by atoms with Crippen LogP contribution in [-0.4, -0.2) is 11.8 Å². The monoisotopic (exact) mass is 335 g/mol. The molecule has 1 heterocycles. The molecule has 0 saturated heterocycles. The second kappa shape index (κ2) is 5.55. The Morgan fingerprint density at radius 2 is 1.41 bits per heavy atom. The molecule has 2 aromatic rings. The fourth-order valence-corrected chi connectivity index (χ4v) is 2.59. The van der Waals surface area contributed by atoms with Gasteiger partial charge in [-0.05, 0) is 42.0 Å². The van der Waals surface area contributed by atoms with Crippen LogP contribution in [0.3, 0.4) is 0 Å². The number of hydrogen-bond donors (Lipinski definition) is 0. The third-order valence-corrected chi connectivity index (χ3v) is 3.85. The van der Waals surface area contributed by atoms with Crippen molar-refractivity contribution in [3.05, 3.63) is 70.0 Å². The van der Waals surface area contributed by atoms with Crippen LogP contribution in [0, 0.1) is 5.82 Å². The van der Waals surface area contributed by atoms with Gasteiger partial charge in [0.2, 0.25) is 0 Å². The number of amides is 2. The van der Waals surface area contributed by atoms with Gasteiger partial charge in [0.25, 0.3) is 11.8 Å². The zero-order valence-corrected chi connectivity index (χ0v) is 12.5. The average Bonchev–Trinajstić information content (AvgIpc) is 2.72. The Hall–Kier alpha value is -2.17. The molecule has 0 unspecified atom stereocenters. The second-order valence-corrected chi connectivity index (χ2v) is 5.43. The zero-order chi connectivity index (χ0) is 15.9. The summed E-state index contributed by atoms with van der Waals surface area (Å²) in [6.07, 6.45) is 0. The maximum Gasteiger partial charge on any atom is 0.277 e. The van der Waals surface area contributed by atoms with Gasteiger partial charge >= 0.3 is 0 Å². The topological polar surface area (TPSA) is 37.4 Å². The number of imide groups is 1. The molecule has 0 aromatic heterocycles. The summed E-state index contributed by atoms with van der Waals surface area (Å²) in [5.74, 6) is -1.61. The van der Waals surface area contributed by atoms with Crippen LogP contribution < -0.4 is 4.90 Å². The first-order chi connectivity index (χ1) is 10.5. The van der Waals surface area contributed by atoms with Crippen molar-refractivity contribution in [3.63, 3.8) is 0 Å². The molecule has 3 nitrogen and oxygen atoms in total. The van der Waals surface area contributed by atoms with E-state index in [2.05, 4.69) is 0 Å². The Labute approximate surface area is 135 Å². The van der Waals surface area contributed by atoms with Crippen LogP contribution in [0.2, 0.25) is 5.02 Å². The number of anilines is 1. The highest BCUT2D eigenvalue weighted by atomic mass is 35.5. The van der Waals surface area contributed by atoms with Gasteiger partial charge in [0.15, 0.2) is 0 Å². The molecule has 22 heavy (non-hydrogen) atoms. The van der Waals surface area contributed by atoms with Crippen molar-refractivity contribution in [3.8, 4) is 0 Å². The Bertz CT molecular complexity index is 798. The number of nitrogens with zero attached hydrogens (tertiary/aromatic N) is 1. The summed E-state index contributed by atoms with van der Waals surface area (Å²) in [6.45, 7) is 0. The van der Waals surface area contributed by atoms with Crippen molar-refractivity contribution in [2.45, 2.75) is 0 Å². The van der Waals surface area contributed by atoms with E-state index < -0.39 is 17.6 Å². The molecule has 0 spiro atoms. The normalized spacial score (nSPS) is 15.0. The van der Waals surface area contributed by atoms with Crippen molar-refractivity contribution < 1.29 is 14.0 Å². The minimum absolute atomic E-state index is 0.0571. The molecular formula is C16H8Cl2FNO2. The molecule has 110 valence electrons. The van der Waals surface area contributed by atoms with Crippen molar-refractivity contribution in [1.82, 2.24) is 0 Å². The molecule has 0 radical (unpaired) electrons. The van der Waals surface area contributed by atoms with Gasteiger partial charge in [-0.1, -0.05) is 35.3 Å². The van der Waals surface area contributed by atoms with Crippen LogP contribution in [0.4, 0.5) is 10.1 Å². The molecule has 3 rings (SSSR count). The lowest BCUT2D eigenvalue weighted by Gasteiger charge is -2.14. The number of benzene rings is 2. The quantitative estimate of drug-likeness (QED) is 0.778. The number of rotatable bonds is 2. The lowest BCUT2D eigenvalue weighted by molar-refractivity contribution is -0.119. The lowest BCUT2D eigenvalue weighted by atomic mass is 10.1. The van der Waals surface area contributed by atoms with Gasteiger partial charge in [-0.2, -0.15) is 0 Å². The van der Waals surface area contributed by atoms with Crippen LogP contribution in [0.1, 0.15) is 5.56 Å². The Kier molecular flexibility index (Phi) is 3.72. The molecule has 6 heteroatoms. The van der Waals surface area contributed by atoms with E-state index in [-0.39, 0.29) is 10.6 Å². The van der Waals surface area contributed by atoms with E-state index in [0.717, 1.165) is 4.90 Å². The summed E-state index contributed by atoms with van der Waals surface area (Å²) in [6, 6.07) is 11.5. The SMILES string of the molecule is O=C1C(Cl)=C(c2ccc(F)cc2)C(=O)N1c1ccc(Cl)cc1. The van der Waals surface area contributed by atoms with E-state index in [1.807, 2.05) is 0 Å². The molecule has 0 N–H and O–H groups in total. The van der Waals surface area contributed by atoms with Crippen LogP contribution in [-0.2, 0) is 9.59 Å². The number of hydrogen-bond acceptors (Lipinski definition) is 2. The Morgan fingerprint density at radius 3 is 2.00 bits per heavy atom. The molecule has 1 aliphatic heterocycles. The maximum atomic E-state index is 13.0. The third kappa shape index (κ3) is 2.40. The molecule has 2 amide bonds. The van der Waals surface area contributed by atoms with Gasteiger partial charge in [-0.25, -0.2) is 9.29 Å². The van der Waals surface area contributed by atoms with Crippen LogP contribution in [0.25, 0.3) is 5.57 Å². The first-order valence-corrected chi connectivity index (χ1v) is 7.04. The molecule has 0 aliphatic carbocycles. The average molecular weight is 336 g/mol. The highest BCUT2D eigenvalue weighted by Crippen LogP contribution is 2.35. The first-order valence-electron chi connectivity index (χ1n) is 6.29. The van der Waals surface area contributed by atoms with E-state index in [1.54, 1.807) is 24.3 Å². The zero-order valence-electron chi connectivity index (χ0n) is 11.0. The first kappa shape index (κ1) is 14.8. The van der Waals surface area contributed by atoms with Crippen LogP contribution in [0.15, 0.2) is 53.6 Å². The number of carbonyl (C=O) groups is 2. The second-order valence-electron chi connectivity index (χ2n) is 4.62. The minimum atomic E-state index is -0.617. The largest absolute Gasteiger partial charge is 0.277 e. The summed E-state index contributed by atoms with van der Waals surface area (Å²) < 4.78 is 13.0. The summed E-state index contributed by atoms with van der Waals surface area (Å²) in [7, 11) is 0. The number of halogens is 3. The standard InChI is InChI=1S/C16H8Cl2FNO2/c17-10-3-7-12(8-4-10)20-15(21)13(14(18)16(20)22)9-1-5-11(19)6-2-9/h1-8H. The summed E-state index contributed by atoms with van der Waals surface area (Å²) in [4.78, 5) is 25.8. The lowest BCUT2D eigenvalue weighted by Crippen LogP contribution is -2.31. The van der Waals surface area contributed by atoms with Gasteiger partial charge in [0, 0.05) is 5.02 Å². The smallest absolute Gasteiger partial charge is 0.268 e. The fraction of sp³-hybridized carbons (Fsp3) is 0. The summed E-state index contributed by atoms with van der Waals surface area (Å²) in [5, 5.41) is 0.298. The van der Waals surface area contributed by atoms with E-state index in [0.29, 0.717) is 16.3 Å². The maximum absolute atomic E-state index is 13.0. The Morgan fingerprint density at radius 1 is 0.818 bits per heavy atom. The van der Waals surface area contributed by atoms with Gasteiger partial charge in [-0.15, -0.1) is 0 Å². The van der Waals surface area contributed by atoms with E-state index in [9.17, 15) is 14.0 Å². The molecule has 0 saturated carbocycles. The molecule has 0 fully saturated rings. The van der Waals surface area contributed by atoms with Gasteiger partial charge < -0.3 is 0 Å².